The summed E-state index contributed by atoms with van der Waals surface area (Å²) in [6, 6.07) is 9.15. The van der Waals surface area contributed by atoms with Crippen LogP contribution in [0.2, 0.25) is 0 Å². The normalized spacial score (nSPS) is 21.3. The van der Waals surface area contributed by atoms with E-state index in [0.29, 0.717) is 10.7 Å². The van der Waals surface area contributed by atoms with Crippen LogP contribution in [0.25, 0.3) is 0 Å². The Morgan fingerprint density at radius 1 is 1.23 bits per heavy atom. The van der Waals surface area contributed by atoms with E-state index in [0.717, 1.165) is 19.8 Å². The maximum absolute atomic E-state index is 12.3. The number of carbonyl (C=O) groups excluding carboxylic acids is 1. The summed E-state index contributed by atoms with van der Waals surface area (Å²) in [5.74, 6) is -1.55. The standard InChI is InChI=1S/C13H18NO6PS/c1-19-21(16,20-2)10-14-13(15)12(9-22(14,17)18)8-11-6-4-3-5-7-11/h3-7,12H,8-10H2,1-2H3. The zero-order valence-corrected chi connectivity index (χ0v) is 14.0. The second-order valence-corrected chi connectivity index (χ2v) is 9.14. The Morgan fingerprint density at radius 3 is 2.36 bits per heavy atom. The Balaban J connectivity index is 2.19. The molecule has 1 aliphatic rings. The van der Waals surface area contributed by atoms with Gasteiger partial charge in [0.2, 0.25) is 15.9 Å². The van der Waals surface area contributed by atoms with Gasteiger partial charge in [-0.25, -0.2) is 12.7 Å². The Hall–Kier alpha value is -1.21. The van der Waals surface area contributed by atoms with Gasteiger partial charge in [-0.1, -0.05) is 30.3 Å². The van der Waals surface area contributed by atoms with Gasteiger partial charge in [-0.15, -0.1) is 0 Å². The molecule has 9 heteroatoms. The second kappa shape index (κ2) is 6.50. The predicted molar refractivity (Wildman–Crippen MR) is 80.8 cm³/mol. The second-order valence-electron chi connectivity index (χ2n) is 4.97. The molecule has 0 saturated carbocycles. The van der Waals surface area contributed by atoms with Gasteiger partial charge in [0.15, 0.2) is 0 Å². The molecule has 0 bridgehead atoms. The van der Waals surface area contributed by atoms with Gasteiger partial charge in [0.25, 0.3) is 0 Å². The monoisotopic (exact) mass is 347 g/mol. The van der Waals surface area contributed by atoms with Crippen molar-refractivity contribution in [2.45, 2.75) is 6.42 Å². The Kier molecular flexibility index (Phi) is 5.07. The number of hydrogen-bond acceptors (Lipinski definition) is 6. The lowest BCUT2D eigenvalue weighted by Crippen LogP contribution is -2.32. The highest BCUT2D eigenvalue weighted by Crippen LogP contribution is 2.48. The third-order valence-corrected chi connectivity index (χ3v) is 7.26. The van der Waals surface area contributed by atoms with Crippen LogP contribution in [0.4, 0.5) is 0 Å². The maximum atomic E-state index is 12.3. The molecular weight excluding hydrogens is 329 g/mol. The Bertz CT molecular complexity index is 682. The summed E-state index contributed by atoms with van der Waals surface area (Å²) < 4.78 is 46.5. The van der Waals surface area contributed by atoms with Crippen molar-refractivity contribution >= 4 is 23.5 Å². The van der Waals surface area contributed by atoms with Crippen LogP contribution in [0.1, 0.15) is 5.56 Å². The summed E-state index contributed by atoms with van der Waals surface area (Å²) in [7, 11) is -5.13. The molecule has 122 valence electrons. The highest BCUT2D eigenvalue weighted by atomic mass is 32.2. The average Bonchev–Trinajstić information content (AvgIpc) is 2.71. The first-order valence-electron chi connectivity index (χ1n) is 6.60. The van der Waals surface area contributed by atoms with Gasteiger partial charge in [0.1, 0.15) is 6.29 Å². The molecule has 22 heavy (non-hydrogen) atoms. The van der Waals surface area contributed by atoms with Crippen molar-refractivity contribution in [3.05, 3.63) is 35.9 Å². The van der Waals surface area contributed by atoms with Crippen LogP contribution in [0.3, 0.4) is 0 Å². The van der Waals surface area contributed by atoms with Gasteiger partial charge >= 0.3 is 7.60 Å². The minimum atomic E-state index is -3.81. The smallest absolute Gasteiger partial charge is 0.311 e. The number of sulfonamides is 1. The van der Waals surface area contributed by atoms with Gasteiger partial charge < -0.3 is 9.05 Å². The first-order valence-corrected chi connectivity index (χ1v) is 9.94. The van der Waals surface area contributed by atoms with Crippen LogP contribution in [0.15, 0.2) is 30.3 Å². The molecule has 1 aliphatic heterocycles. The van der Waals surface area contributed by atoms with Crippen molar-refractivity contribution < 1.29 is 26.8 Å². The quantitative estimate of drug-likeness (QED) is 0.724. The molecule has 1 aromatic rings. The van der Waals surface area contributed by atoms with E-state index in [9.17, 15) is 17.8 Å². The van der Waals surface area contributed by atoms with E-state index in [1.165, 1.54) is 0 Å². The van der Waals surface area contributed by atoms with Crippen molar-refractivity contribution in [1.82, 2.24) is 4.31 Å². The molecule has 0 aromatic heterocycles. The molecule has 1 fully saturated rings. The lowest BCUT2D eigenvalue weighted by atomic mass is 10.0. The van der Waals surface area contributed by atoms with Gasteiger partial charge in [0, 0.05) is 14.2 Å². The van der Waals surface area contributed by atoms with Crippen molar-refractivity contribution in [1.29, 1.82) is 0 Å². The zero-order valence-electron chi connectivity index (χ0n) is 12.3. The van der Waals surface area contributed by atoms with Crippen LogP contribution < -0.4 is 0 Å². The van der Waals surface area contributed by atoms with Gasteiger partial charge in [-0.3, -0.25) is 9.36 Å². The average molecular weight is 347 g/mol. The van der Waals surface area contributed by atoms with E-state index in [1.807, 2.05) is 30.3 Å². The van der Waals surface area contributed by atoms with Crippen LogP contribution in [0.5, 0.6) is 0 Å². The molecule has 2 rings (SSSR count). The molecule has 0 spiro atoms. The largest absolute Gasteiger partial charge is 0.350 e. The minimum Gasteiger partial charge on any atom is -0.311 e. The van der Waals surface area contributed by atoms with Crippen LogP contribution >= 0.6 is 7.60 Å². The Labute approximate surface area is 129 Å². The van der Waals surface area contributed by atoms with E-state index >= 15 is 0 Å². The first-order chi connectivity index (χ1) is 10.3. The van der Waals surface area contributed by atoms with E-state index < -0.39 is 35.7 Å². The molecule has 0 radical (unpaired) electrons. The summed E-state index contributed by atoms with van der Waals surface area (Å²) in [4.78, 5) is 12.3. The highest BCUT2D eigenvalue weighted by molar-refractivity contribution is 7.90. The third kappa shape index (κ3) is 3.57. The first kappa shape index (κ1) is 17.1. The van der Waals surface area contributed by atoms with E-state index in [1.54, 1.807) is 0 Å². The topological polar surface area (TPSA) is 90.0 Å². The maximum Gasteiger partial charge on any atom is 0.350 e. The molecule has 1 unspecified atom stereocenters. The van der Waals surface area contributed by atoms with Crippen LogP contribution in [0, 0.1) is 5.92 Å². The predicted octanol–water partition coefficient (Wildman–Crippen LogP) is 1.46. The third-order valence-electron chi connectivity index (χ3n) is 3.53. The summed E-state index contributed by atoms with van der Waals surface area (Å²) in [6.07, 6.45) is -0.272. The number of carbonyl (C=O) groups is 1. The molecule has 1 amide bonds. The lowest BCUT2D eigenvalue weighted by Gasteiger charge is -2.20. The molecule has 1 heterocycles. The van der Waals surface area contributed by atoms with Crippen molar-refractivity contribution in [2.75, 3.05) is 26.3 Å². The fraction of sp³-hybridized carbons (Fsp3) is 0.462. The van der Waals surface area contributed by atoms with Gasteiger partial charge in [0.05, 0.1) is 11.7 Å². The van der Waals surface area contributed by atoms with E-state index in [2.05, 4.69) is 0 Å². The number of nitrogens with zero attached hydrogens (tertiary/aromatic N) is 1. The zero-order chi connectivity index (χ0) is 16.4. The molecule has 1 atom stereocenters. The Morgan fingerprint density at radius 2 is 1.82 bits per heavy atom. The minimum absolute atomic E-state index is 0.297. The molecule has 0 aliphatic carbocycles. The van der Waals surface area contributed by atoms with Crippen LogP contribution in [-0.2, 0) is 34.9 Å². The van der Waals surface area contributed by atoms with Crippen molar-refractivity contribution in [3.63, 3.8) is 0 Å². The van der Waals surface area contributed by atoms with Crippen LogP contribution in [-0.4, -0.2) is 44.9 Å². The number of benzene rings is 1. The van der Waals surface area contributed by atoms with Crippen molar-refractivity contribution in [2.24, 2.45) is 5.92 Å². The number of hydrogen-bond donors (Lipinski definition) is 0. The van der Waals surface area contributed by atoms with E-state index in [-0.39, 0.29) is 5.75 Å². The highest BCUT2D eigenvalue weighted by Gasteiger charge is 2.46. The molecular formula is C13H18NO6PS. The number of rotatable bonds is 6. The summed E-state index contributed by atoms with van der Waals surface area (Å²) in [5, 5.41) is 0. The van der Waals surface area contributed by atoms with Crippen molar-refractivity contribution in [3.8, 4) is 0 Å². The van der Waals surface area contributed by atoms with Gasteiger partial charge in [-0.2, -0.15) is 0 Å². The number of amides is 1. The lowest BCUT2D eigenvalue weighted by molar-refractivity contribution is -0.128. The molecule has 7 nitrogen and oxygen atoms in total. The fourth-order valence-corrected chi connectivity index (χ4v) is 5.64. The SMILES string of the molecule is COP(=O)(CN1C(=O)C(Cc2ccccc2)CS1(=O)=O)OC. The molecule has 1 aromatic carbocycles. The van der Waals surface area contributed by atoms with Gasteiger partial charge in [-0.05, 0) is 12.0 Å². The van der Waals surface area contributed by atoms with E-state index in [4.69, 9.17) is 9.05 Å². The molecule has 0 N–H and O–H groups in total. The molecule has 1 saturated heterocycles. The summed E-state index contributed by atoms with van der Waals surface area (Å²) >= 11 is 0. The summed E-state index contributed by atoms with van der Waals surface area (Å²) in [6.45, 7) is 0. The summed E-state index contributed by atoms with van der Waals surface area (Å²) in [5.41, 5.74) is 0.875. The fourth-order valence-electron chi connectivity index (χ4n) is 2.31.